The molecule has 1 heterocycles. The van der Waals surface area contributed by atoms with Crippen molar-refractivity contribution < 1.29 is 45.0 Å². The van der Waals surface area contributed by atoms with E-state index in [-0.39, 0.29) is 0 Å². The molecule has 0 aliphatic heterocycles. The topological polar surface area (TPSA) is 73.7 Å². The third-order valence-electron chi connectivity index (χ3n) is 1.73. The molecule has 0 saturated heterocycles. The molecule has 0 N–H and O–H groups in total. The van der Waals surface area contributed by atoms with Crippen LogP contribution in [0.5, 0.6) is 11.8 Å². The maximum absolute atomic E-state index is 13.6. The third-order valence-corrected chi connectivity index (χ3v) is 1.73. The number of isocyanates is 1. The van der Waals surface area contributed by atoms with Gasteiger partial charge in [0.25, 0.3) is 17.7 Å². The van der Waals surface area contributed by atoms with Crippen LogP contribution in [0.25, 0.3) is 0 Å². The molecule has 6 nitrogen and oxygen atoms in total. The van der Waals surface area contributed by atoms with Crippen LogP contribution in [0.4, 0.5) is 36.7 Å². The molecule has 0 spiro atoms. The zero-order valence-electron chi connectivity index (χ0n) is 10.1. The normalized spacial score (nSPS) is 11.8. The number of hydrogen-bond acceptors (Lipinski definition) is 6. The van der Waals surface area contributed by atoms with Crippen molar-refractivity contribution in [3.63, 3.8) is 0 Å². The van der Waals surface area contributed by atoms with Crippen molar-refractivity contribution in [2.75, 3.05) is 13.3 Å². The second-order valence-electron chi connectivity index (χ2n) is 3.40. The van der Waals surface area contributed by atoms with E-state index in [1.165, 1.54) is 0 Å². The maximum Gasteiger partial charge on any atom is 0.428 e. The Balaban J connectivity index is 3.32. The highest BCUT2D eigenvalue weighted by atomic mass is 19.3. The largest absolute Gasteiger partial charge is 0.428 e. The predicted molar refractivity (Wildman–Crippen MR) is 52.9 cm³/mol. The first-order valence-electron chi connectivity index (χ1n) is 5.05. The van der Waals surface area contributed by atoms with E-state index < -0.39 is 49.1 Å². The molecule has 0 atom stereocenters. The Labute approximate surface area is 116 Å². The highest BCUT2D eigenvalue weighted by Crippen LogP contribution is 2.32. The molecule has 0 aliphatic carbocycles. The number of carbonyl (C=O) groups excluding carboxylic acids is 1. The Hall–Kier alpha value is -2.43. The molecule has 1 aromatic heterocycles. The van der Waals surface area contributed by atoms with Gasteiger partial charge in [0.15, 0.2) is 13.3 Å². The van der Waals surface area contributed by atoms with Crippen molar-refractivity contribution in [1.82, 2.24) is 9.97 Å². The van der Waals surface area contributed by atoms with Crippen molar-refractivity contribution in [1.29, 1.82) is 0 Å². The van der Waals surface area contributed by atoms with Gasteiger partial charge in [-0.3, -0.25) is 0 Å². The number of aliphatic imine (C=N–C) groups is 1. The number of halogens is 7. The summed E-state index contributed by atoms with van der Waals surface area (Å²) in [5.74, 6) is -6.75. The van der Waals surface area contributed by atoms with Crippen molar-refractivity contribution in [2.45, 2.75) is 12.2 Å². The molecular formula is C9H4F7N3O3. The number of rotatable bonds is 7. The van der Waals surface area contributed by atoms with Crippen molar-refractivity contribution in [3.05, 3.63) is 5.82 Å². The highest BCUT2D eigenvalue weighted by molar-refractivity contribution is 5.43. The van der Waals surface area contributed by atoms with E-state index in [2.05, 4.69) is 24.4 Å². The van der Waals surface area contributed by atoms with Gasteiger partial charge in [0.1, 0.15) is 0 Å². The predicted octanol–water partition coefficient (Wildman–Crippen LogP) is 2.47. The lowest BCUT2D eigenvalue weighted by atomic mass is 10.5. The Bertz CT molecular complexity index is 553. The molecule has 1 rings (SSSR count). The molecule has 0 saturated carbocycles. The fourth-order valence-electron chi connectivity index (χ4n) is 0.960. The monoisotopic (exact) mass is 335 g/mol. The Morgan fingerprint density at radius 1 is 1.00 bits per heavy atom. The average molecular weight is 335 g/mol. The number of nitrogens with zero attached hydrogens (tertiary/aromatic N) is 3. The van der Waals surface area contributed by atoms with Gasteiger partial charge in [-0.2, -0.15) is 31.9 Å². The van der Waals surface area contributed by atoms with Crippen LogP contribution >= 0.6 is 0 Å². The molecule has 122 valence electrons. The summed E-state index contributed by atoms with van der Waals surface area (Å²) in [6, 6.07) is 0. The molecule has 0 unspecified atom stereocenters. The first kappa shape index (κ1) is 17.6. The minimum absolute atomic E-state index is 0.805. The second kappa shape index (κ2) is 6.56. The fourth-order valence-corrected chi connectivity index (χ4v) is 0.960. The first-order valence-corrected chi connectivity index (χ1v) is 5.05. The standard InChI is InChI=1S/C9H4F7N3O3/c10-1-8(13,14)21-5-4(12)6(22-9(15,16)2-11)19-7(18-5)17-3-20/h1-2H2. The summed E-state index contributed by atoms with van der Waals surface area (Å²) < 4.78 is 95.3. The summed E-state index contributed by atoms with van der Waals surface area (Å²) in [7, 11) is 0. The summed E-state index contributed by atoms with van der Waals surface area (Å²) in [4.78, 5) is 18.3. The number of hydrogen-bond donors (Lipinski definition) is 0. The van der Waals surface area contributed by atoms with Crippen molar-refractivity contribution >= 4 is 12.0 Å². The van der Waals surface area contributed by atoms with E-state index in [0.29, 0.717) is 0 Å². The molecule has 0 aliphatic rings. The van der Waals surface area contributed by atoms with Gasteiger partial charge in [0, 0.05) is 0 Å². The quantitative estimate of drug-likeness (QED) is 0.435. The Morgan fingerprint density at radius 3 is 1.73 bits per heavy atom. The van der Waals surface area contributed by atoms with E-state index >= 15 is 0 Å². The number of aromatic nitrogens is 2. The van der Waals surface area contributed by atoms with Gasteiger partial charge >= 0.3 is 12.2 Å². The van der Waals surface area contributed by atoms with E-state index in [4.69, 9.17) is 0 Å². The van der Waals surface area contributed by atoms with Crippen LogP contribution in [0.1, 0.15) is 0 Å². The molecule has 0 amide bonds. The van der Waals surface area contributed by atoms with Gasteiger partial charge in [-0.1, -0.05) is 0 Å². The maximum atomic E-state index is 13.6. The average Bonchev–Trinajstić information content (AvgIpc) is 2.43. The molecule has 0 radical (unpaired) electrons. The number of ether oxygens (including phenoxy) is 2. The lowest BCUT2D eigenvalue weighted by molar-refractivity contribution is -0.194. The van der Waals surface area contributed by atoms with Crippen LogP contribution in [0, 0.1) is 5.82 Å². The Morgan fingerprint density at radius 2 is 1.41 bits per heavy atom. The van der Waals surface area contributed by atoms with E-state index in [1.54, 1.807) is 0 Å². The zero-order chi connectivity index (χ0) is 17.0. The molecule has 0 bridgehead atoms. The van der Waals surface area contributed by atoms with Crippen molar-refractivity contribution in [3.8, 4) is 11.8 Å². The van der Waals surface area contributed by atoms with Gasteiger partial charge in [0.05, 0.1) is 0 Å². The summed E-state index contributed by atoms with van der Waals surface area (Å²) >= 11 is 0. The minimum atomic E-state index is -4.56. The van der Waals surface area contributed by atoms with Crippen LogP contribution in [-0.4, -0.2) is 41.6 Å². The van der Waals surface area contributed by atoms with Crippen molar-refractivity contribution in [2.24, 2.45) is 4.99 Å². The summed E-state index contributed by atoms with van der Waals surface area (Å²) in [5.41, 5.74) is 0. The zero-order valence-corrected chi connectivity index (χ0v) is 10.1. The third kappa shape index (κ3) is 4.55. The van der Waals surface area contributed by atoms with Gasteiger partial charge in [-0.15, -0.1) is 4.99 Å². The van der Waals surface area contributed by atoms with Crippen LogP contribution in [0.15, 0.2) is 4.99 Å². The molecule has 13 heteroatoms. The molecule has 0 fully saturated rings. The van der Waals surface area contributed by atoms with Crippen LogP contribution in [-0.2, 0) is 4.79 Å². The van der Waals surface area contributed by atoms with E-state index in [9.17, 15) is 35.5 Å². The highest BCUT2D eigenvalue weighted by Gasteiger charge is 2.38. The van der Waals surface area contributed by atoms with Crippen LogP contribution < -0.4 is 9.47 Å². The lowest BCUT2D eigenvalue weighted by Crippen LogP contribution is -2.30. The van der Waals surface area contributed by atoms with Gasteiger partial charge < -0.3 is 9.47 Å². The lowest BCUT2D eigenvalue weighted by Gasteiger charge is -2.17. The van der Waals surface area contributed by atoms with Gasteiger partial charge in [-0.25, -0.2) is 13.6 Å². The van der Waals surface area contributed by atoms with E-state index in [0.717, 1.165) is 6.08 Å². The molecule has 0 aromatic carbocycles. The fraction of sp³-hybridized carbons (Fsp3) is 0.444. The smallest absolute Gasteiger partial charge is 0.409 e. The van der Waals surface area contributed by atoms with Crippen LogP contribution in [0.3, 0.4) is 0 Å². The minimum Gasteiger partial charge on any atom is -0.409 e. The van der Waals surface area contributed by atoms with E-state index in [1.807, 2.05) is 0 Å². The Kier molecular flexibility index (Phi) is 5.25. The van der Waals surface area contributed by atoms with Gasteiger partial charge in [0.2, 0.25) is 11.9 Å². The second-order valence-corrected chi connectivity index (χ2v) is 3.40. The SMILES string of the molecule is O=C=Nc1nc(OC(F)(F)CF)c(F)c(OC(F)(F)CF)n1. The van der Waals surface area contributed by atoms with Crippen LogP contribution in [0.2, 0.25) is 0 Å². The molecule has 22 heavy (non-hydrogen) atoms. The summed E-state index contributed by atoms with van der Waals surface area (Å²) in [5, 5.41) is 0. The van der Waals surface area contributed by atoms with Gasteiger partial charge in [-0.05, 0) is 0 Å². The molecular weight excluding hydrogens is 331 g/mol. The summed E-state index contributed by atoms with van der Waals surface area (Å²) in [6.07, 6.45) is -8.31. The molecule has 1 aromatic rings. The summed E-state index contributed by atoms with van der Waals surface area (Å²) in [6.45, 7) is -4.81. The first-order chi connectivity index (χ1) is 10.1. The number of alkyl halides is 6.